The van der Waals surface area contributed by atoms with Gasteiger partial charge in [0.05, 0.1) is 13.2 Å². The van der Waals surface area contributed by atoms with Crippen molar-refractivity contribution < 1.29 is 49.0 Å². The third-order valence-electron chi connectivity index (χ3n) is 8.99. The zero-order chi connectivity index (χ0) is 34.5. The fourth-order valence-corrected chi connectivity index (χ4v) is 5.89. The first-order valence-electron chi connectivity index (χ1n) is 19.1. The van der Waals surface area contributed by atoms with Gasteiger partial charge in [-0.15, -0.1) is 0 Å². The van der Waals surface area contributed by atoms with Crippen molar-refractivity contribution in [1.29, 1.82) is 0 Å². The number of hydrogen-bond donors (Lipinski definition) is 4. The van der Waals surface area contributed by atoms with Crippen LogP contribution < -0.4 is 0 Å². The number of carbonyl (C=O) groups excluding carboxylic acids is 2. The normalized spacial score (nSPS) is 21.9. The van der Waals surface area contributed by atoms with E-state index in [0.717, 1.165) is 38.5 Å². The van der Waals surface area contributed by atoms with Crippen LogP contribution in [0.3, 0.4) is 0 Å². The summed E-state index contributed by atoms with van der Waals surface area (Å²) >= 11 is 0. The summed E-state index contributed by atoms with van der Waals surface area (Å²) in [5.41, 5.74) is 0. The smallest absolute Gasteiger partial charge is 0.306 e. The first kappa shape index (κ1) is 43.7. The van der Waals surface area contributed by atoms with Gasteiger partial charge in [-0.2, -0.15) is 0 Å². The van der Waals surface area contributed by atoms with Crippen LogP contribution in [0.1, 0.15) is 168 Å². The molecule has 10 heteroatoms. The molecule has 4 N–H and O–H groups in total. The van der Waals surface area contributed by atoms with E-state index in [1.165, 1.54) is 96.3 Å². The van der Waals surface area contributed by atoms with Crippen LogP contribution in [0.4, 0.5) is 0 Å². The van der Waals surface area contributed by atoms with Crippen molar-refractivity contribution in [1.82, 2.24) is 0 Å². The second-order valence-corrected chi connectivity index (χ2v) is 13.4. The van der Waals surface area contributed by atoms with Gasteiger partial charge in [-0.3, -0.25) is 9.59 Å². The fourth-order valence-electron chi connectivity index (χ4n) is 5.89. The van der Waals surface area contributed by atoms with E-state index in [1.54, 1.807) is 0 Å². The lowest BCUT2D eigenvalue weighted by Crippen LogP contribution is -2.59. The van der Waals surface area contributed by atoms with Crippen molar-refractivity contribution in [2.75, 3.05) is 19.8 Å². The number of hydrogen-bond acceptors (Lipinski definition) is 10. The molecular weight excluding hydrogens is 604 g/mol. The number of ether oxygens (including phenoxy) is 4. The molecule has 10 nitrogen and oxygen atoms in total. The van der Waals surface area contributed by atoms with Crippen molar-refractivity contribution >= 4 is 11.9 Å². The average Bonchev–Trinajstić information content (AvgIpc) is 3.06. The van der Waals surface area contributed by atoms with Crippen LogP contribution in [0.15, 0.2) is 0 Å². The largest absolute Gasteiger partial charge is 0.462 e. The predicted octanol–water partition coefficient (Wildman–Crippen LogP) is 6.66. The van der Waals surface area contributed by atoms with Crippen LogP contribution in [-0.4, -0.2) is 89.0 Å². The topological polar surface area (TPSA) is 152 Å². The molecule has 0 aromatic heterocycles. The van der Waals surface area contributed by atoms with E-state index in [0.29, 0.717) is 6.42 Å². The molecule has 47 heavy (non-hydrogen) atoms. The second kappa shape index (κ2) is 29.6. The van der Waals surface area contributed by atoms with Crippen LogP contribution in [0.25, 0.3) is 0 Å². The quantitative estimate of drug-likeness (QED) is 0.0464. The Hall–Kier alpha value is -1.30. The van der Waals surface area contributed by atoms with Gasteiger partial charge in [-0.05, 0) is 12.8 Å². The minimum atomic E-state index is -1.59. The van der Waals surface area contributed by atoms with Crippen LogP contribution in [-0.2, 0) is 28.5 Å². The van der Waals surface area contributed by atoms with E-state index in [1.807, 2.05) is 0 Å². The Morgan fingerprint density at radius 1 is 0.574 bits per heavy atom. The molecular formula is C37H70O10. The van der Waals surface area contributed by atoms with Crippen LogP contribution in [0.2, 0.25) is 0 Å². The molecule has 1 saturated heterocycles. The maximum atomic E-state index is 12.6. The van der Waals surface area contributed by atoms with Crippen molar-refractivity contribution in [3.8, 4) is 0 Å². The molecule has 0 aromatic carbocycles. The Labute approximate surface area is 285 Å². The molecule has 1 rings (SSSR count). The zero-order valence-corrected chi connectivity index (χ0v) is 29.8. The van der Waals surface area contributed by atoms with Crippen molar-refractivity contribution in [2.45, 2.75) is 205 Å². The van der Waals surface area contributed by atoms with Gasteiger partial charge >= 0.3 is 11.9 Å². The molecule has 0 bridgehead atoms. The number of aliphatic hydroxyl groups excluding tert-OH is 4. The summed E-state index contributed by atoms with van der Waals surface area (Å²) in [5, 5.41) is 39.8. The minimum Gasteiger partial charge on any atom is -0.462 e. The molecule has 0 aliphatic carbocycles. The van der Waals surface area contributed by atoms with E-state index in [4.69, 9.17) is 18.9 Å². The molecule has 1 fully saturated rings. The monoisotopic (exact) mass is 674 g/mol. The standard InChI is InChI=1S/C37H70O10/c1-3-5-7-9-11-12-13-14-15-16-17-18-20-21-23-25-32(39)44-28-30(46-33(40)26-24-22-19-10-8-6-4-2)29-45-37-36(43)35(42)34(41)31(27-38)47-37/h30-31,34-38,41-43H,3-29H2,1-2H3/t30-,31-,34+,35+,36-,37-/m1/s1. The molecule has 0 aromatic rings. The second-order valence-electron chi connectivity index (χ2n) is 13.4. The average molecular weight is 675 g/mol. The highest BCUT2D eigenvalue weighted by Gasteiger charge is 2.44. The Bertz CT molecular complexity index is 749. The molecule has 0 saturated carbocycles. The van der Waals surface area contributed by atoms with Gasteiger partial charge in [0.2, 0.25) is 0 Å². The summed E-state index contributed by atoms with van der Waals surface area (Å²) < 4.78 is 22.0. The van der Waals surface area contributed by atoms with Crippen LogP contribution in [0, 0.1) is 0 Å². The Kier molecular flexibility index (Phi) is 27.5. The van der Waals surface area contributed by atoms with Gasteiger partial charge in [0.25, 0.3) is 0 Å². The molecule has 0 spiro atoms. The minimum absolute atomic E-state index is 0.211. The SMILES string of the molecule is CCCCCCCCCCCCCCCCCC(=O)OC[C@H](CO[C@@H]1O[C@H](CO)[C@H](O)[C@H](O)[C@H]1O)OC(=O)CCCCCCCCC. The van der Waals surface area contributed by atoms with Gasteiger partial charge in [-0.1, -0.05) is 142 Å². The van der Waals surface area contributed by atoms with Crippen molar-refractivity contribution in [3.05, 3.63) is 0 Å². The van der Waals surface area contributed by atoms with E-state index < -0.39 is 49.4 Å². The van der Waals surface area contributed by atoms with E-state index in [9.17, 15) is 30.0 Å². The lowest BCUT2D eigenvalue weighted by molar-refractivity contribution is -0.305. The number of rotatable bonds is 31. The maximum absolute atomic E-state index is 12.6. The third-order valence-corrected chi connectivity index (χ3v) is 8.99. The van der Waals surface area contributed by atoms with Crippen LogP contribution >= 0.6 is 0 Å². The first-order valence-corrected chi connectivity index (χ1v) is 19.1. The number of carbonyl (C=O) groups is 2. The number of esters is 2. The number of aliphatic hydroxyl groups is 4. The fraction of sp³-hybridized carbons (Fsp3) is 0.946. The Balaban J connectivity index is 2.33. The lowest BCUT2D eigenvalue weighted by atomic mass is 9.99. The predicted molar refractivity (Wildman–Crippen MR) is 183 cm³/mol. The zero-order valence-electron chi connectivity index (χ0n) is 29.8. The Morgan fingerprint density at radius 3 is 1.45 bits per heavy atom. The van der Waals surface area contributed by atoms with E-state index in [2.05, 4.69) is 13.8 Å². The van der Waals surface area contributed by atoms with E-state index >= 15 is 0 Å². The van der Waals surface area contributed by atoms with Gasteiger partial charge in [0.1, 0.15) is 31.0 Å². The van der Waals surface area contributed by atoms with Crippen LogP contribution in [0.5, 0.6) is 0 Å². The molecule has 6 atom stereocenters. The third kappa shape index (κ3) is 22.1. The lowest BCUT2D eigenvalue weighted by Gasteiger charge is -2.39. The van der Waals surface area contributed by atoms with Gasteiger partial charge in [0, 0.05) is 12.8 Å². The number of unbranched alkanes of at least 4 members (excludes halogenated alkanes) is 20. The summed E-state index contributed by atoms with van der Waals surface area (Å²) in [6.45, 7) is 3.37. The summed E-state index contributed by atoms with van der Waals surface area (Å²) in [6, 6.07) is 0. The maximum Gasteiger partial charge on any atom is 0.306 e. The summed E-state index contributed by atoms with van der Waals surface area (Å²) in [6.07, 6.45) is 18.5. The van der Waals surface area contributed by atoms with E-state index in [-0.39, 0.29) is 32.0 Å². The molecule has 0 unspecified atom stereocenters. The van der Waals surface area contributed by atoms with Gasteiger partial charge in [0.15, 0.2) is 12.4 Å². The summed E-state index contributed by atoms with van der Waals surface area (Å²) in [5.74, 6) is -0.805. The van der Waals surface area contributed by atoms with Gasteiger partial charge in [-0.25, -0.2) is 0 Å². The highest BCUT2D eigenvalue weighted by Crippen LogP contribution is 2.22. The molecule has 1 heterocycles. The summed E-state index contributed by atoms with van der Waals surface area (Å²) in [7, 11) is 0. The molecule has 278 valence electrons. The summed E-state index contributed by atoms with van der Waals surface area (Å²) in [4.78, 5) is 25.0. The van der Waals surface area contributed by atoms with Crippen molar-refractivity contribution in [3.63, 3.8) is 0 Å². The van der Waals surface area contributed by atoms with Gasteiger partial charge < -0.3 is 39.4 Å². The van der Waals surface area contributed by atoms with Crippen molar-refractivity contribution in [2.24, 2.45) is 0 Å². The molecule has 1 aliphatic rings. The highest BCUT2D eigenvalue weighted by atomic mass is 16.7. The Morgan fingerprint density at radius 2 is 1.00 bits per heavy atom. The molecule has 0 radical (unpaired) electrons. The molecule has 0 amide bonds. The molecule has 1 aliphatic heterocycles. The first-order chi connectivity index (χ1) is 22.8. The highest BCUT2D eigenvalue weighted by molar-refractivity contribution is 5.70.